The summed E-state index contributed by atoms with van der Waals surface area (Å²) in [7, 11) is 1.39. The van der Waals surface area contributed by atoms with Crippen LogP contribution in [0.15, 0.2) is 6.07 Å². The molecule has 0 aromatic heterocycles. The summed E-state index contributed by atoms with van der Waals surface area (Å²) in [5.41, 5.74) is 0.359. The Balaban J connectivity index is 2.42. The topological polar surface area (TPSA) is 62.9 Å². The summed E-state index contributed by atoms with van der Waals surface area (Å²) in [6.07, 6.45) is 0.297. The zero-order chi connectivity index (χ0) is 11.5. The van der Waals surface area contributed by atoms with Crippen LogP contribution in [-0.4, -0.2) is 20.5 Å². The van der Waals surface area contributed by atoms with Crippen molar-refractivity contribution in [3.8, 4) is 17.2 Å². The number of nitrogens with two attached hydrogens (primary N) is 1. The van der Waals surface area contributed by atoms with Crippen LogP contribution in [0.5, 0.6) is 17.2 Å². The van der Waals surface area contributed by atoms with Gasteiger partial charge in [0.05, 0.1) is 13.7 Å². The fraction of sp³-hybridized carbons (Fsp3) is 0.400. The lowest BCUT2D eigenvalue weighted by molar-refractivity contribution is 0.139. The van der Waals surface area contributed by atoms with E-state index in [0.717, 1.165) is 0 Å². The maximum atomic E-state index is 13.9. The number of hydrogen-bond acceptors (Lipinski definition) is 5. The quantitative estimate of drug-likeness (QED) is 0.780. The molecular formula is C10H12FNO4. The second-order valence-corrected chi connectivity index (χ2v) is 3.23. The molecule has 0 atom stereocenters. The van der Waals surface area contributed by atoms with Gasteiger partial charge in [0.15, 0.2) is 23.1 Å². The number of methoxy groups -OCH3 is 1. The number of halogens is 1. The third-order valence-corrected chi connectivity index (χ3v) is 2.35. The van der Waals surface area contributed by atoms with Crippen LogP contribution < -0.4 is 20.1 Å². The maximum Gasteiger partial charge on any atom is 0.231 e. The summed E-state index contributed by atoms with van der Waals surface area (Å²) in [5, 5.41) is 0. The molecule has 5 nitrogen and oxygen atoms in total. The molecule has 1 heterocycles. The smallest absolute Gasteiger partial charge is 0.231 e. The SMILES string of the molecule is COc1cc2c(c(CCON)c1F)OCO2. The van der Waals surface area contributed by atoms with Crippen molar-refractivity contribution in [3.63, 3.8) is 0 Å². The predicted octanol–water partition coefficient (Wildman–Crippen LogP) is 0.996. The molecular weight excluding hydrogens is 217 g/mol. The normalized spacial score (nSPS) is 12.9. The van der Waals surface area contributed by atoms with E-state index in [9.17, 15) is 4.39 Å². The first-order chi connectivity index (χ1) is 7.77. The van der Waals surface area contributed by atoms with E-state index in [1.165, 1.54) is 13.2 Å². The van der Waals surface area contributed by atoms with E-state index in [4.69, 9.17) is 20.1 Å². The van der Waals surface area contributed by atoms with Gasteiger partial charge in [0.1, 0.15) is 0 Å². The van der Waals surface area contributed by atoms with Gasteiger partial charge in [-0.25, -0.2) is 10.3 Å². The third-order valence-electron chi connectivity index (χ3n) is 2.35. The van der Waals surface area contributed by atoms with Crippen LogP contribution in [0.4, 0.5) is 4.39 Å². The Morgan fingerprint density at radius 2 is 2.31 bits per heavy atom. The minimum absolute atomic E-state index is 0.0818. The van der Waals surface area contributed by atoms with Gasteiger partial charge in [0.2, 0.25) is 6.79 Å². The van der Waals surface area contributed by atoms with Gasteiger partial charge >= 0.3 is 0 Å². The van der Waals surface area contributed by atoms with Gasteiger partial charge in [-0.15, -0.1) is 0 Å². The zero-order valence-electron chi connectivity index (χ0n) is 8.79. The molecule has 1 aliphatic heterocycles. The zero-order valence-corrected chi connectivity index (χ0v) is 8.79. The van der Waals surface area contributed by atoms with Crippen molar-refractivity contribution in [2.45, 2.75) is 6.42 Å². The number of hydrogen-bond donors (Lipinski definition) is 1. The molecule has 0 aliphatic carbocycles. The van der Waals surface area contributed by atoms with E-state index in [1.54, 1.807) is 0 Å². The fourth-order valence-corrected chi connectivity index (χ4v) is 1.60. The highest BCUT2D eigenvalue weighted by molar-refractivity contribution is 5.54. The fourth-order valence-electron chi connectivity index (χ4n) is 1.60. The van der Waals surface area contributed by atoms with E-state index in [-0.39, 0.29) is 19.1 Å². The lowest BCUT2D eigenvalue weighted by Gasteiger charge is -2.10. The average Bonchev–Trinajstić information content (AvgIpc) is 2.75. The molecule has 0 spiro atoms. The van der Waals surface area contributed by atoms with Crippen molar-refractivity contribution >= 4 is 0 Å². The molecule has 88 valence electrons. The molecule has 0 radical (unpaired) electrons. The first-order valence-corrected chi connectivity index (χ1v) is 4.74. The Kier molecular flexibility index (Phi) is 3.12. The van der Waals surface area contributed by atoms with Gasteiger partial charge in [0, 0.05) is 18.1 Å². The molecule has 1 aromatic carbocycles. The first kappa shape index (κ1) is 11.0. The Hall–Kier alpha value is -1.53. The van der Waals surface area contributed by atoms with Crippen LogP contribution in [0, 0.1) is 5.82 Å². The van der Waals surface area contributed by atoms with Crippen molar-refractivity contribution in [3.05, 3.63) is 17.4 Å². The minimum Gasteiger partial charge on any atom is -0.494 e. The van der Waals surface area contributed by atoms with E-state index in [0.29, 0.717) is 23.5 Å². The van der Waals surface area contributed by atoms with Crippen LogP contribution in [0.3, 0.4) is 0 Å². The Morgan fingerprint density at radius 1 is 1.50 bits per heavy atom. The molecule has 2 N–H and O–H groups in total. The monoisotopic (exact) mass is 229 g/mol. The number of rotatable bonds is 4. The number of ether oxygens (including phenoxy) is 3. The third kappa shape index (κ3) is 1.77. The summed E-state index contributed by atoms with van der Waals surface area (Å²) in [6.45, 7) is 0.276. The predicted molar refractivity (Wildman–Crippen MR) is 52.9 cm³/mol. The summed E-state index contributed by atoms with van der Waals surface area (Å²) in [6, 6.07) is 1.46. The highest BCUT2D eigenvalue weighted by atomic mass is 19.1. The van der Waals surface area contributed by atoms with Crippen molar-refractivity contribution in [1.29, 1.82) is 0 Å². The average molecular weight is 229 g/mol. The standard InChI is InChI=1S/C10H12FNO4/c1-13-7-4-8-10(15-5-14-8)6(9(7)11)2-3-16-12/h4H,2-3,5,12H2,1H3. The van der Waals surface area contributed by atoms with Crippen LogP contribution in [0.1, 0.15) is 5.56 Å². The van der Waals surface area contributed by atoms with E-state index >= 15 is 0 Å². The summed E-state index contributed by atoms with van der Waals surface area (Å²) in [5.74, 6) is 5.44. The van der Waals surface area contributed by atoms with Crippen LogP contribution in [-0.2, 0) is 11.3 Å². The largest absolute Gasteiger partial charge is 0.494 e. The van der Waals surface area contributed by atoms with Gasteiger partial charge in [-0.1, -0.05) is 0 Å². The Labute approximate surface area is 91.8 Å². The van der Waals surface area contributed by atoms with Gasteiger partial charge in [-0.05, 0) is 0 Å². The van der Waals surface area contributed by atoms with Crippen molar-refractivity contribution in [1.82, 2.24) is 0 Å². The minimum atomic E-state index is -0.469. The summed E-state index contributed by atoms with van der Waals surface area (Å²) >= 11 is 0. The first-order valence-electron chi connectivity index (χ1n) is 4.74. The molecule has 1 aromatic rings. The van der Waals surface area contributed by atoms with Gasteiger partial charge in [-0.2, -0.15) is 0 Å². The summed E-state index contributed by atoms with van der Waals surface area (Å²) < 4.78 is 29.2. The highest BCUT2D eigenvalue weighted by Gasteiger charge is 2.24. The summed E-state index contributed by atoms with van der Waals surface area (Å²) in [4.78, 5) is 4.43. The van der Waals surface area contributed by atoms with E-state index in [1.807, 2.05) is 0 Å². The Morgan fingerprint density at radius 3 is 3.00 bits per heavy atom. The molecule has 6 heteroatoms. The molecule has 1 aliphatic rings. The highest BCUT2D eigenvalue weighted by Crippen LogP contribution is 2.41. The lowest BCUT2D eigenvalue weighted by Crippen LogP contribution is -2.06. The van der Waals surface area contributed by atoms with Crippen molar-refractivity contribution in [2.24, 2.45) is 5.90 Å². The molecule has 0 saturated carbocycles. The van der Waals surface area contributed by atoms with E-state index < -0.39 is 5.82 Å². The molecule has 0 saturated heterocycles. The second-order valence-electron chi connectivity index (χ2n) is 3.23. The molecule has 0 fully saturated rings. The van der Waals surface area contributed by atoms with Crippen molar-refractivity contribution in [2.75, 3.05) is 20.5 Å². The van der Waals surface area contributed by atoms with Gasteiger partial charge in [-0.3, -0.25) is 0 Å². The number of fused-ring (bicyclic) bond motifs is 1. The second kappa shape index (κ2) is 4.54. The maximum absolute atomic E-state index is 13.9. The molecule has 16 heavy (non-hydrogen) atoms. The molecule has 0 bridgehead atoms. The van der Waals surface area contributed by atoms with Crippen LogP contribution in [0.25, 0.3) is 0 Å². The molecule has 2 rings (SSSR count). The molecule has 0 unspecified atom stereocenters. The van der Waals surface area contributed by atoms with Gasteiger partial charge in [0.25, 0.3) is 0 Å². The van der Waals surface area contributed by atoms with Gasteiger partial charge < -0.3 is 19.0 Å². The van der Waals surface area contributed by atoms with Crippen molar-refractivity contribution < 1.29 is 23.4 Å². The van der Waals surface area contributed by atoms with Crippen LogP contribution >= 0.6 is 0 Å². The lowest BCUT2D eigenvalue weighted by atomic mass is 10.1. The molecule has 0 amide bonds. The van der Waals surface area contributed by atoms with Crippen LogP contribution in [0.2, 0.25) is 0 Å². The number of benzene rings is 1. The van der Waals surface area contributed by atoms with E-state index in [2.05, 4.69) is 4.84 Å². The Bertz CT molecular complexity index is 396.